The minimum absolute atomic E-state index is 0.0112. The minimum Gasteiger partial charge on any atom is -0.395 e. The van der Waals surface area contributed by atoms with Crippen molar-refractivity contribution in [1.82, 2.24) is 4.90 Å². The predicted molar refractivity (Wildman–Crippen MR) is 64.5 cm³/mol. The Balaban J connectivity index is 2.74. The van der Waals surface area contributed by atoms with Crippen molar-refractivity contribution in [3.8, 4) is 0 Å². The van der Waals surface area contributed by atoms with Gasteiger partial charge in [-0.3, -0.25) is 9.69 Å². The van der Waals surface area contributed by atoms with Crippen molar-refractivity contribution in [2.75, 3.05) is 19.7 Å². The predicted octanol–water partition coefficient (Wildman–Crippen LogP) is 1.71. The summed E-state index contributed by atoms with van der Waals surface area (Å²) in [6.07, 6.45) is 0. The standard InChI is InChI=1S/C13H18FNO2/c1-10(2)15(7-8-16)9-13(17)11-5-3-4-6-12(11)14/h3-6,10,16H,7-9H2,1-2H3. The van der Waals surface area contributed by atoms with Crippen LogP contribution >= 0.6 is 0 Å². The first kappa shape index (κ1) is 13.8. The number of halogens is 1. The number of aliphatic hydroxyl groups is 1. The van der Waals surface area contributed by atoms with Crippen LogP contribution < -0.4 is 0 Å². The molecule has 0 heterocycles. The van der Waals surface area contributed by atoms with Gasteiger partial charge in [-0.1, -0.05) is 12.1 Å². The van der Waals surface area contributed by atoms with Gasteiger partial charge in [0.1, 0.15) is 5.82 Å². The fraction of sp³-hybridized carbons (Fsp3) is 0.462. The van der Waals surface area contributed by atoms with Crippen LogP contribution in [0.25, 0.3) is 0 Å². The molecule has 0 saturated carbocycles. The second-order valence-electron chi connectivity index (χ2n) is 4.19. The van der Waals surface area contributed by atoms with Crippen LogP contribution in [0, 0.1) is 5.82 Å². The molecular weight excluding hydrogens is 221 g/mol. The van der Waals surface area contributed by atoms with Crippen LogP contribution in [0.4, 0.5) is 4.39 Å². The molecule has 0 aromatic heterocycles. The zero-order chi connectivity index (χ0) is 12.8. The molecular formula is C13H18FNO2. The highest BCUT2D eigenvalue weighted by molar-refractivity contribution is 5.97. The quantitative estimate of drug-likeness (QED) is 0.768. The molecule has 1 aromatic rings. The number of Topliss-reactive ketones (excluding diaryl/α,β-unsaturated/α-hetero) is 1. The van der Waals surface area contributed by atoms with Crippen LogP contribution in [-0.4, -0.2) is 41.5 Å². The molecule has 0 aliphatic rings. The minimum atomic E-state index is -0.495. The summed E-state index contributed by atoms with van der Waals surface area (Å²) in [5.41, 5.74) is 0.107. The molecule has 1 N–H and O–H groups in total. The van der Waals surface area contributed by atoms with E-state index in [4.69, 9.17) is 5.11 Å². The summed E-state index contributed by atoms with van der Waals surface area (Å²) in [7, 11) is 0. The summed E-state index contributed by atoms with van der Waals surface area (Å²) < 4.78 is 13.4. The normalized spacial score (nSPS) is 11.2. The number of benzene rings is 1. The third kappa shape index (κ3) is 3.91. The van der Waals surface area contributed by atoms with Crippen molar-refractivity contribution >= 4 is 5.78 Å². The van der Waals surface area contributed by atoms with E-state index in [-0.39, 0.29) is 30.5 Å². The lowest BCUT2D eigenvalue weighted by molar-refractivity contribution is 0.0877. The first-order valence-corrected chi connectivity index (χ1v) is 5.69. The van der Waals surface area contributed by atoms with E-state index in [0.29, 0.717) is 6.54 Å². The summed E-state index contributed by atoms with van der Waals surface area (Å²) >= 11 is 0. The Morgan fingerprint density at radius 2 is 2.06 bits per heavy atom. The molecule has 1 rings (SSSR count). The molecule has 0 radical (unpaired) electrons. The number of rotatable bonds is 6. The van der Waals surface area contributed by atoms with Crippen molar-refractivity contribution in [3.63, 3.8) is 0 Å². The van der Waals surface area contributed by atoms with Gasteiger partial charge in [0.25, 0.3) is 0 Å². The first-order valence-electron chi connectivity index (χ1n) is 5.69. The van der Waals surface area contributed by atoms with Crippen molar-refractivity contribution < 1.29 is 14.3 Å². The molecule has 0 unspecified atom stereocenters. The van der Waals surface area contributed by atoms with E-state index >= 15 is 0 Å². The Morgan fingerprint density at radius 3 is 2.59 bits per heavy atom. The zero-order valence-electron chi connectivity index (χ0n) is 10.2. The lowest BCUT2D eigenvalue weighted by Gasteiger charge is -2.24. The smallest absolute Gasteiger partial charge is 0.179 e. The number of carbonyl (C=O) groups is 1. The van der Waals surface area contributed by atoms with Gasteiger partial charge in [0.2, 0.25) is 0 Å². The first-order chi connectivity index (χ1) is 8.06. The Hall–Kier alpha value is -1.26. The van der Waals surface area contributed by atoms with Crippen LogP contribution in [0.2, 0.25) is 0 Å². The Labute approximate surface area is 101 Å². The Bertz CT molecular complexity index is 379. The zero-order valence-corrected chi connectivity index (χ0v) is 10.2. The van der Waals surface area contributed by atoms with Gasteiger partial charge < -0.3 is 5.11 Å². The van der Waals surface area contributed by atoms with E-state index in [1.54, 1.807) is 12.1 Å². The average Bonchev–Trinajstić information content (AvgIpc) is 2.28. The topological polar surface area (TPSA) is 40.5 Å². The van der Waals surface area contributed by atoms with Crippen molar-refractivity contribution in [3.05, 3.63) is 35.6 Å². The number of nitrogens with zero attached hydrogens (tertiary/aromatic N) is 1. The highest BCUT2D eigenvalue weighted by Gasteiger charge is 2.17. The molecule has 4 heteroatoms. The lowest BCUT2D eigenvalue weighted by atomic mass is 10.1. The molecule has 0 amide bonds. The number of carbonyl (C=O) groups excluding carboxylic acids is 1. The number of hydrogen-bond acceptors (Lipinski definition) is 3. The third-order valence-corrected chi connectivity index (χ3v) is 2.64. The number of aliphatic hydroxyl groups excluding tert-OH is 1. The summed E-state index contributed by atoms with van der Waals surface area (Å²) in [5, 5.41) is 8.90. The van der Waals surface area contributed by atoms with E-state index in [1.165, 1.54) is 12.1 Å². The van der Waals surface area contributed by atoms with Gasteiger partial charge in [-0.05, 0) is 26.0 Å². The Kier molecular flexibility index (Phi) is 5.25. The lowest BCUT2D eigenvalue weighted by Crippen LogP contribution is -2.37. The van der Waals surface area contributed by atoms with Gasteiger partial charge in [-0.2, -0.15) is 0 Å². The highest BCUT2D eigenvalue weighted by Crippen LogP contribution is 2.09. The Morgan fingerprint density at radius 1 is 1.41 bits per heavy atom. The average molecular weight is 239 g/mol. The molecule has 3 nitrogen and oxygen atoms in total. The fourth-order valence-electron chi connectivity index (χ4n) is 1.61. The summed E-state index contributed by atoms with van der Waals surface area (Å²) in [5.74, 6) is -0.754. The third-order valence-electron chi connectivity index (χ3n) is 2.64. The molecule has 0 spiro atoms. The summed E-state index contributed by atoms with van der Waals surface area (Å²) in [6, 6.07) is 6.09. The molecule has 1 aromatic carbocycles. The molecule has 0 fully saturated rings. The molecule has 17 heavy (non-hydrogen) atoms. The number of hydrogen-bond donors (Lipinski definition) is 1. The van der Waals surface area contributed by atoms with Crippen molar-refractivity contribution in [2.45, 2.75) is 19.9 Å². The van der Waals surface area contributed by atoms with Gasteiger partial charge in [0, 0.05) is 12.6 Å². The van der Waals surface area contributed by atoms with Crippen molar-refractivity contribution in [1.29, 1.82) is 0 Å². The van der Waals surface area contributed by atoms with Crippen LogP contribution in [-0.2, 0) is 0 Å². The fourth-order valence-corrected chi connectivity index (χ4v) is 1.61. The SMILES string of the molecule is CC(C)N(CCO)CC(=O)c1ccccc1F. The van der Waals surface area contributed by atoms with Crippen molar-refractivity contribution in [2.24, 2.45) is 0 Å². The molecule has 0 atom stereocenters. The maximum absolute atomic E-state index is 13.4. The second kappa shape index (κ2) is 6.47. The van der Waals surface area contributed by atoms with Gasteiger partial charge in [0.05, 0.1) is 18.7 Å². The van der Waals surface area contributed by atoms with E-state index in [9.17, 15) is 9.18 Å². The number of ketones is 1. The van der Waals surface area contributed by atoms with Gasteiger partial charge in [-0.25, -0.2) is 4.39 Å². The van der Waals surface area contributed by atoms with E-state index < -0.39 is 5.82 Å². The van der Waals surface area contributed by atoms with E-state index in [2.05, 4.69) is 0 Å². The monoisotopic (exact) mass is 239 g/mol. The molecule has 0 aliphatic heterocycles. The second-order valence-corrected chi connectivity index (χ2v) is 4.19. The van der Waals surface area contributed by atoms with Crippen LogP contribution in [0.5, 0.6) is 0 Å². The largest absolute Gasteiger partial charge is 0.395 e. The summed E-state index contributed by atoms with van der Waals surface area (Å²) in [4.78, 5) is 13.7. The van der Waals surface area contributed by atoms with E-state index in [0.717, 1.165) is 0 Å². The van der Waals surface area contributed by atoms with Crippen LogP contribution in [0.3, 0.4) is 0 Å². The van der Waals surface area contributed by atoms with Gasteiger partial charge in [-0.15, -0.1) is 0 Å². The molecule has 0 bridgehead atoms. The molecule has 0 aliphatic carbocycles. The maximum atomic E-state index is 13.4. The summed E-state index contributed by atoms with van der Waals surface area (Å²) in [6.45, 7) is 4.40. The maximum Gasteiger partial charge on any atom is 0.179 e. The van der Waals surface area contributed by atoms with E-state index in [1.807, 2.05) is 18.7 Å². The van der Waals surface area contributed by atoms with Crippen LogP contribution in [0.1, 0.15) is 24.2 Å². The van der Waals surface area contributed by atoms with Gasteiger partial charge in [0.15, 0.2) is 5.78 Å². The van der Waals surface area contributed by atoms with Gasteiger partial charge >= 0.3 is 0 Å². The van der Waals surface area contributed by atoms with Crippen LogP contribution in [0.15, 0.2) is 24.3 Å². The molecule has 94 valence electrons. The molecule has 0 saturated heterocycles. The highest BCUT2D eigenvalue weighted by atomic mass is 19.1.